The number of rotatable bonds is 6. The Bertz CT molecular complexity index is 345. The number of anilines is 1. The molecule has 1 aromatic rings. The Morgan fingerprint density at radius 2 is 2.06 bits per heavy atom. The standard InChI is InChI=1S/C16H25NO/c1-14-6-5-9-16(12-14)17-10-11-18-13-15-7-3-2-4-8-15/h5-6,9,12,15,17H,2-4,7-8,10-11,13H2,1H3. The first-order chi connectivity index (χ1) is 8.84. The second-order valence-corrected chi connectivity index (χ2v) is 5.38. The number of nitrogens with one attached hydrogen (secondary N) is 1. The van der Waals surface area contributed by atoms with Crippen LogP contribution >= 0.6 is 0 Å². The van der Waals surface area contributed by atoms with Crippen LogP contribution in [0.1, 0.15) is 37.7 Å². The SMILES string of the molecule is Cc1cccc(NCCOCC2CCCCC2)c1. The fourth-order valence-electron chi connectivity index (χ4n) is 2.63. The predicted molar refractivity (Wildman–Crippen MR) is 77.1 cm³/mol. The summed E-state index contributed by atoms with van der Waals surface area (Å²) in [5.41, 5.74) is 2.49. The maximum atomic E-state index is 5.76. The molecule has 2 rings (SSSR count). The summed E-state index contributed by atoms with van der Waals surface area (Å²) in [6.07, 6.45) is 6.95. The Kier molecular flexibility index (Phi) is 5.53. The van der Waals surface area contributed by atoms with Gasteiger partial charge in [-0.25, -0.2) is 0 Å². The Labute approximate surface area is 111 Å². The van der Waals surface area contributed by atoms with Gasteiger partial charge in [-0.1, -0.05) is 31.4 Å². The molecule has 1 fully saturated rings. The molecule has 0 unspecified atom stereocenters. The maximum Gasteiger partial charge on any atom is 0.0639 e. The van der Waals surface area contributed by atoms with Crippen molar-refractivity contribution in [1.82, 2.24) is 0 Å². The van der Waals surface area contributed by atoms with Gasteiger partial charge in [0.25, 0.3) is 0 Å². The smallest absolute Gasteiger partial charge is 0.0639 e. The van der Waals surface area contributed by atoms with Gasteiger partial charge in [-0.15, -0.1) is 0 Å². The van der Waals surface area contributed by atoms with Crippen LogP contribution in [0.15, 0.2) is 24.3 Å². The van der Waals surface area contributed by atoms with E-state index >= 15 is 0 Å². The molecule has 1 saturated carbocycles. The normalized spacial score (nSPS) is 16.7. The molecule has 18 heavy (non-hydrogen) atoms. The first-order valence-corrected chi connectivity index (χ1v) is 7.23. The van der Waals surface area contributed by atoms with Crippen molar-refractivity contribution in [1.29, 1.82) is 0 Å². The van der Waals surface area contributed by atoms with E-state index in [1.807, 2.05) is 0 Å². The monoisotopic (exact) mass is 247 g/mol. The average molecular weight is 247 g/mol. The Morgan fingerprint density at radius 3 is 2.83 bits per heavy atom. The molecular formula is C16H25NO. The summed E-state index contributed by atoms with van der Waals surface area (Å²) in [6.45, 7) is 4.78. The van der Waals surface area contributed by atoms with Crippen LogP contribution < -0.4 is 5.32 Å². The van der Waals surface area contributed by atoms with Crippen molar-refractivity contribution >= 4 is 5.69 Å². The van der Waals surface area contributed by atoms with Crippen molar-refractivity contribution in [2.45, 2.75) is 39.0 Å². The van der Waals surface area contributed by atoms with Gasteiger partial charge in [-0.2, -0.15) is 0 Å². The molecule has 0 amide bonds. The zero-order chi connectivity index (χ0) is 12.6. The summed E-state index contributed by atoms with van der Waals surface area (Å²) in [5, 5.41) is 3.40. The molecule has 0 heterocycles. The van der Waals surface area contributed by atoms with Crippen molar-refractivity contribution in [2.75, 3.05) is 25.1 Å². The van der Waals surface area contributed by atoms with Gasteiger partial charge >= 0.3 is 0 Å². The Morgan fingerprint density at radius 1 is 1.22 bits per heavy atom. The fourth-order valence-corrected chi connectivity index (χ4v) is 2.63. The van der Waals surface area contributed by atoms with Gasteiger partial charge in [-0.05, 0) is 43.4 Å². The minimum absolute atomic E-state index is 0.810. The summed E-state index contributed by atoms with van der Waals surface area (Å²) < 4.78 is 5.76. The van der Waals surface area contributed by atoms with E-state index in [1.165, 1.54) is 43.4 Å². The van der Waals surface area contributed by atoms with Crippen LogP contribution in [0.3, 0.4) is 0 Å². The number of ether oxygens (including phenoxy) is 1. The molecule has 0 bridgehead atoms. The average Bonchev–Trinajstić information content (AvgIpc) is 2.40. The molecule has 2 nitrogen and oxygen atoms in total. The third kappa shape index (κ3) is 4.69. The van der Waals surface area contributed by atoms with Crippen LogP contribution in [0.25, 0.3) is 0 Å². The van der Waals surface area contributed by atoms with Crippen LogP contribution in [0.2, 0.25) is 0 Å². The largest absolute Gasteiger partial charge is 0.383 e. The third-order valence-electron chi connectivity index (χ3n) is 3.67. The molecule has 1 aliphatic rings. The van der Waals surface area contributed by atoms with Crippen LogP contribution in [0, 0.1) is 12.8 Å². The number of hydrogen-bond donors (Lipinski definition) is 1. The lowest BCUT2D eigenvalue weighted by molar-refractivity contribution is 0.0924. The summed E-state index contributed by atoms with van der Waals surface area (Å²) >= 11 is 0. The minimum Gasteiger partial charge on any atom is -0.383 e. The molecule has 100 valence electrons. The van der Waals surface area contributed by atoms with Crippen LogP contribution in [0.4, 0.5) is 5.69 Å². The van der Waals surface area contributed by atoms with E-state index in [4.69, 9.17) is 4.74 Å². The Hall–Kier alpha value is -1.02. The second-order valence-electron chi connectivity index (χ2n) is 5.38. The molecule has 1 aliphatic carbocycles. The molecule has 1 aromatic carbocycles. The maximum absolute atomic E-state index is 5.76. The van der Waals surface area contributed by atoms with Gasteiger partial charge in [0.05, 0.1) is 6.61 Å². The molecule has 2 heteroatoms. The zero-order valence-corrected chi connectivity index (χ0v) is 11.5. The highest BCUT2D eigenvalue weighted by Gasteiger charge is 2.12. The first-order valence-electron chi connectivity index (χ1n) is 7.23. The summed E-state index contributed by atoms with van der Waals surface area (Å²) in [5.74, 6) is 0.817. The van der Waals surface area contributed by atoms with E-state index < -0.39 is 0 Å². The zero-order valence-electron chi connectivity index (χ0n) is 11.5. The van der Waals surface area contributed by atoms with Crippen molar-refractivity contribution < 1.29 is 4.74 Å². The van der Waals surface area contributed by atoms with Crippen molar-refractivity contribution in [2.24, 2.45) is 5.92 Å². The molecule has 0 radical (unpaired) electrons. The van der Waals surface area contributed by atoms with E-state index in [-0.39, 0.29) is 0 Å². The van der Waals surface area contributed by atoms with Crippen molar-refractivity contribution in [3.63, 3.8) is 0 Å². The van der Waals surface area contributed by atoms with Crippen LogP contribution in [-0.2, 0) is 4.74 Å². The van der Waals surface area contributed by atoms with E-state index in [0.717, 1.165) is 25.7 Å². The van der Waals surface area contributed by atoms with Crippen LogP contribution in [0.5, 0.6) is 0 Å². The fraction of sp³-hybridized carbons (Fsp3) is 0.625. The highest BCUT2D eigenvalue weighted by Crippen LogP contribution is 2.23. The number of benzene rings is 1. The highest BCUT2D eigenvalue weighted by atomic mass is 16.5. The van der Waals surface area contributed by atoms with Gasteiger partial charge in [0.2, 0.25) is 0 Å². The predicted octanol–water partition coefficient (Wildman–Crippen LogP) is 4.00. The lowest BCUT2D eigenvalue weighted by Crippen LogP contribution is -2.16. The summed E-state index contributed by atoms with van der Waals surface area (Å²) in [6, 6.07) is 8.47. The lowest BCUT2D eigenvalue weighted by atomic mass is 9.90. The van der Waals surface area contributed by atoms with E-state index in [2.05, 4.69) is 36.5 Å². The molecule has 0 atom stereocenters. The van der Waals surface area contributed by atoms with Gasteiger partial charge in [0, 0.05) is 18.8 Å². The molecule has 0 spiro atoms. The van der Waals surface area contributed by atoms with Crippen molar-refractivity contribution in [3.05, 3.63) is 29.8 Å². The molecule has 0 aliphatic heterocycles. The van der Waals surface area contributed by atoms with Crippen LogP contribution in [-0.4, -0.2) is 19.8 Å². The quantitative estimate of drug-likeness (QED) is 0.767. The first kappa shape index (κ1) is 13.4. The van der Waals surface area contributed by atoms with E-state index in [9.17, 15) is 0 Å². The van der Waals surface area contributed by atoms with Gasteiger partial charge in [0.15, 0.2) is 0 Å². The topological polar surface area (TPSA) is 21.3 Å². The molecule has 0 saturated heterocycles. The van der Waals surface area contributed by atoms with Gasteiger partial charge < -0.3 is 10.1 Å². The van der Waals surface area contributed by atoms with E-state index in [0.29, 0.717) is 0 Å². The van der Waals surface area contributed by atoms with Gasteiger partial charge in [0.1, 0.15) is 0 Å². The molecule has 1 N–H and O–H groups in total. The summed E-state index contributed by atoms with van der Waals surface area (Å²) in [4.78, 5) is 0. The molecule has 0 aromatic heterocycles. The number of hydrogen-bond acceptors (Lipinski definition) is 2. The minimum atomic E-state index is 0.810. The van der Waals surface area contributed by atoms with Crippen molar-refractivity contribution in [3.8, 4) is 0 Å². The summed E-state index contributed by atoms with van der Waals surface area (Å²) in [7, 11) is 0. The highest BCUT2D eigenvalue weighted by molar-refractivity contribution is 5.45. The van der Waals surface area contributed by atoms with E-state index in [1.54, 1.807) is 0 Å². The lowest BCUT2D eigenvalue weighted by Gasteiger charge is -2.21. The Balaban J connectivity index is 1.55. The molecular weight excluding hydrogens is 222 g/mol. The van der Waals surface area contributed by atoms with Gasteiger partial charge in [-0.3, -0.25) is 0 Å². The third-order valence-corrected chi connectivity index (χ3v) is 3.67. The second kappa shape index (κ2) is 7.42. The number of aryl methyl sites for hydroxylation is 1.